The van der Waals surface area contributed by atoms with Crippen LogP contribution in [0.3, 0.4) is 0 Å². The molecule has 1 aromatic heterocycles. The van der Waals surface area contributed by atoms with Crippen molar-refractivity contribution >= 4 is 11.7 Å². The highest BCUT2D eigenvalue weighted by molar-refractivity contribution is 5.81. The van der Waals surface area contributed by atoms with Gasteiger partial charge >= 0.3 is 0 Å². The van der Waals surface area contributed by atoms with E-state index in [-0.39, 0.29) is 18.9 Å². The fourth-order valence-corrected chi connectivity index (χ4v) is 1.87. The van der Waals surface area contributed by atoms with Crippen LogP contribution in [-0.4, -0.2) is 16.9 Å². The standard InChI is InChI=1S/C15H16F2N4O/c16-11-3-1-9(5-12(11)17)6-13(18)15(22)21-8-10-2-4-14(19)20-7-10/h1-5,7,13H,6,8,18H2,(H2,19,20)(H,21,22). The zero-order valence-electron chi connectivity index (χ0n) is 11.7. The second kappa shape index (κ2) is 6.95. The zero-order chi connectivity index (χ0) is 16.1. The van der Waals surface area contributed by atoms with Gasteiger partial charge in [-0.25, -0.2) is 13.8 Å². The van der Waals surface area contributed by atoms with Gasteiger partial charge in [0.15, 0.2) is 11.6 Å². The third-order valence-corrected chi connectivity index (χ3v) is 3.09. The third kappa shape index (κ3) is 4.23. The van der Waals surface area contributed by atoms with Crippen molar-refractivity contribution < 1.29 is 13.6 Å². The van der Waals surface area contributed by atoms with Gasteiger partial charge in [0.05, 0.1) is 6.04 Å². The number of nitrogens with two attached hydrogens (primary N) is 2. The Bertz CT molecular complexity index is 661. The summed E-state index contributed by atoms with van der Waals surface area (Å²) in [6.07, 6.45) is 1.67. The van der Waals surface area contributed by atoms with Crippen LogP contribution in [0.1, 0.15) is 11.1 Å². The molecule has 0 radical (unpaired) electrons. The van der Waals surface area contributed by atoms with Crippen LogP contribution >= 0.6 is 0 Å². The molecule has 2 aromatic rings. The van der Waals surface area contributed by atoms with Crippen molar-refractivity contribution in [1.29, 1.82) is 0 Å². The van der Waals surface area contributed by atoms with E-state index in [2.05, 4.69) is 10.3 Å². The topological polar surface area (TPSA) is 94.0 Å². The average molecular weight is 306 g/mol. The number of benzene rings is 1. The first kappa shape index (κ1) is 15.8. The Morgan fingerprint density at radius 2 is 1.91 bits per heavy atom. The minimum atomic E-state index is -0.960. The van der Waals surface area contributed by atoms with E-state index in [4.69, 9.17) is 11.5 Å². The molecular weight excluding hydrogens is 290 g/mol. The smallest absolute Gasteiger partial charge is 0.237 e. The molecule has 5 nitrogen and oxygen atoms in total. The van der Waals surface area contributed by atoms with Gasteiger partial charge < -0.3 is 16.8 Å². The third-order valence-electron chi connectivity index (χ3n) is 3.09. The van der Waals surface area contributed by atoms with E-state index in [1.165, 1.54) is 6.07 Å². The van der Waals surface area contributed by atoms with E-state index in [1.807, 2.05) is 0 Å². The Balaban J connectivity index is 1.88. The van der Waals surface area contributed by atoms with Crippen LogP contribution in [0.5, 0.6) is 0 Å². The molecule has 5 N–H and O–H groups in total. The minimum Gasteiger partial charge on any atom is -0.384 e. The van der Waals surface area contributed by atoms with Crippen LogP contribution in [0.4, 0.5) is 14.6 Å². The van der Waals surface area contributed by atoms with Crippen LogP contribution in [0.2, 0.25) is 0 Å². The second-order valence-electron chi connectivity index (χ2n) is 4.87. The number of amides is 1. The number of pyridine rings is 1. The van der Waals surface area contributed by atoms with Gasteiger partial charge in [-0.1, -0.05) is 12.1 Å². The molecule has 7 heteroatoms. The first-order chi connectivity index (χ1) is 10.5. The van der Waals surface area contributed by atoms with E-state index in [1.54, 1.807) is 18.3 Å². The summed E-state index contributed by atoms with van der Waals surface area (Å²) in [5.74, 6) is -1.89. The van der Waals surface area contributed by atoms with Crippen molar-refractivity contribution in [1.82, 2.24) is 10.3 Å². The molecule has 1 heterocycles. The minimum absolute atomic E-state index is 0.114. The van der Waals surface area contributed by atoms with Crippen molar-refractivity contribution in [3.8, 4) is 0 Å². The number of carbonyl (C=O) groups is 1. The van der Waals surface area contributed by atoms with Gasteiger partial charge in [0, 0.05) is 12.7 Å². The van der Waals surface area contributed by atoms with Gasteiger partial charge in [0.25, 0.3) is 0 Å². The van der Waals surface area contributed by atoms with E-state index in [0.29, 0.717) is 11.4 Å². The van der Waals surface area contributed by atoms with Gasteiger partial charge in [0.1, 0.15) is 5.82 Å². The van der Waals surface area contributed by atoms with Crippen LogP contribution < -0.4 is 16.8 Å². The molecule has 2 rings (SSSR count). The monoisotopic (exact) mass is 306 g/mol. The molecule has 1 aromatic carbocycles. The van der Waals surface area contributed by atoms with Crippen molar-refractivity contribution in [2.45, 2.75) is 19.0 Å². The molecule has 0 saturated heterocycles. The average Bonchev–Trinajstić information content (AvgIpc) is 2.50. The molecule has 0 saturated carbocycles. The highest BCUT2D eigenvalue weighted by atomic mass is 19.2. The molecule has 0 aliphatic carbocycles. The number of nitrogens with one attached hydrogen (secondary N) is 1. The fraction of sp³-hybridized carbons (Fsp3) is 0.200. The molecule has 1 unspecified atom stereocenters. The maximum absolute atomic E-state index is 13.1. The lowest BCUT2D eigenvalue weighted by molar-refractivity contribution is -0.122. The molecule has 22 heavy (non-hydrogen) atoms. The molecule has 1 atom stereocenters. The molecule has 0 fully saturated rings. The van der Waals surface area contributed by atoms with Gasteiger partial charge in [-0.2, -0.15) is 0 Å². The summed E-state index contributed by atoms with van der Waals surface area (Å²) in [6, 6.07) is 5.95. The summed E-state index contributed by atoms with van der Waals surface area (Å²) in [7, 11) is 0. The lowest BCUT2D eigenvalue weighted by Gasteiger charge is -2.12. The van der Waals surface area contributed by atoms with Crippen LogP contribution in [0.15, 0.2) is 36.5 Å². The number of hydrogen-bond donors (Lipinski definition) is 3. The number of carbonyl (C=O) groups excluding carboxylic acids is 1. The summed E-state index contributed by atoms with van der Waals surface area (Å²) >= 11 is 0. The molecule has 116 valence electrons. The van der Waals surface area contributed by atoms with Crippen LogP contribution in [0.25, 0.3) is 0 Å². The number of aromatic nitrogens is 1. The largest absolute Gasteiger partial charge is 0.384 e. The summed E-state index contributed by atoms with van der Waals surface area (Å²) in [6.45, 7) is 0.262. The van der Waals surface area contributed by atoms with E-state index in [0.717, 1.165) is 17.7 Å². The maximum Gasteiger partial charge on any atom is 0.237 e. The number of rotatable bonds is 5. The predicted molar refractivity (Wildman–Crippen MR) is 78.5 cm³/mol. The molecule has 1 amide bonds. The van der Waals surface area contributed by atoms with Crippen molar-refractivity contribution in [2.75, 3.05) is 5.73 Å². The summed E-state index contributed by atoms with van der Waals surface area (Å²) in [4.78, 5) is 15.8. The van der Waals surface area contributed by atoms with Crippen molar-refractivity contribution in [3.05, 3.63) is 59.3 Å². The van der Waals surface area contributed by atoms with Gasteiger partial charge in [-0.15, -0.1) is 0 Å². The van der Waals surface area contributed by atoms with Crippen molar-refractivity contribution in [3.63, 3.8) is 0 Å². The second-order valence-corrected chi connectivity index (χ2v) is 4.87. The van der Waals surface area contributed by atoms with Crippen LogP contribution in [-0.2, 0) is 17.8 Å². The highest BCUT2D eigenvalue weighted by Crippen LogP contribution is 2.10. The summed E-state index contributed by atoms with van der Waals surface area (Å²) in [5.41, 5.74) is 12.5. The quantitative estimate of drug-likeness (QED) is 0.772. The Morgan fingerprint density at radius 1 is 1.18 bits per heavy atom. The van der Waals surface area contributed by atoms with Gasteiger partial charge in [0.2, 0.25) is 5.91 Å². The Hall–Kier alpha value is -2.54. The molecular formula is C15H16F2N4O. The molecule has 0 aliphatic rings. The van der Waals surface area contributed by atoms with E-state index in [9.17, 15) is 13.6 Å². The Labute approximate surface area is 126 Å². The normalized spacial score (nSPS) is 12.0. The number of hydrogen-bond acceptors (Lipinski definition) is 4. The SMILES string of the molecule is Nc1ccc(CNC(=O)C(N)Cc2ccc(F)c(F)c2)cn1. The molecule has 0 bridgehead atoms. The molecule has 0 aliphatic heterocycles. The Morgan fingerprint density at radius 3 is 2.55 bits per heavy atom. The summed E-state index contributed by atoms with van der Waals surface area (Å²) < 4.78 is 25.9. The number of anilines is 1. The molecule has 0 spiro atoms. The zero-order valence-corrected chi connectivity index (χ0v) is 11.7. The van der Waals surface area contributed by atoms with E-state index < -0.39 is 17.7 Å². The number of halogens is 2. The fourth-order valence-electron chi connectivity index (χ4n) is 1.87. The lowest BCUT2D eigenvalue weighted by atomic mass is 10.1. The van der Waals surface area contributed by atoms with Gasteiger partial charge in [-0.05, 0) is 35.7 Å². The Kier molecular flexibility index (Phi) is 5.00. The van der Waals surface area contributed by atoms with E-state index >= 15 is 0 Å². The maximum atomic E-state index is 13.1. The first-order valence-corrected chi connectivity index (χ1v) is 6.63. The van der Waals surface area contributed by atoms with Crippen LogP contribution in [0, 0.1) is 11.6 Å². The highest BCUT2D eigenvalue weighted by Gasteiger charge is 2.15. The number of nitrogens with zero attached hydrogens (tertiary/aromatic N) is 1. The van der Waals surface area contributed by atoms with Crippen molar-refractivity contribution in [2.24, 2.45) is 5.73 Å². The lowest BCUT2D eigenvalue weighted by Crippen LogP contribution is -2.41. The first-order valence-electron chi connectivity index (χ1n) is 6.63. The predicted octanol–water partition coefficient (Wildman–Crippen LogP) is 1.13. The summed E-state index contributed by atoms with van der Waals surface area (Å²) in [5, 5.41) is 2.65. The van der Waals surface area contributed by atoms with Gasteiger partial charge in [-0.3, -0.25) is 4.79 Å². The number of nitrogen functional groups attached to an aromatic ring is 1.